The molecule has 0 unspecified atom stereocenters. The Morgan fingerprint density at radius 1 is 1.27 bits per heavy atom. The van der Waals surface area contributed by atoms with Crippen LogP contribution < -0.4 is 5.73 Å². The lowest BCUT2D eigenvalue weighted by Gasteiger charge is -2.05. The predicted molar refractivity (Wildman–Crippen MR) is 55.6 cm³/mol. The molecule has 0 aliphatic carbocycles. The molecule has 0 aliphatic heterocycles. The number of aromatic nitrogens is 2. The van der Waals surface area contributed by atoms with Crippen molar-refractivity contribution < 1.29 is 8.78 Å². The van der Waals surface area contributed by atoms with Gasteiger partial charge in [0.05, 0.1) is 10.7 Å². The second kappa shape index (κ2) is 3.62. The van der Waals surface area contributed by atoms with Gasteiger partial charge in [-0.05, 0) is 28.1 Å². The highest BCUT2D eigenvalue weighted by Gasteiger charge is 2.13. The minimum atomic E-state index is -0.747. The maximum Gasteiger partial charge on any atom is 0.153 e. The second-order valence-corrected chi connectivity index (χ2v) is 3.85. The number of nitrogens with two attached hydrogens (primary N) is 1. The first-order chi connectivity index (χ1) is 7.08. The van der Waals surface area contributed by atoms with Crippen molar-refractivity contribution in [3.05, 3.63) is 40.6 Å². The minimum absolute atomic E-state index is 0.0416. The number of nitrogen functional groups attached to an aromatic ring is 1. The van der Waals surface area contributed by atoms with Crippen LogP contribution in [0.3, 0.4) is 0 Å². The standard InChI is InChI=1S/C9H6BrF2N3/c10-5-3-14-15(4-5)9-7(11)1-6(13)2-8(9)12/h1-4H,13H2. The van der Waals surface area contributed by atoms with E-state index in [-0.39, 0.29) is 11.4 Å². The van der Waals surface area contributed by atoms with Gasteiger partial charge in [0.25, 0.3) is 0 Å². The van der Waals surface area contributed by atoms with Gasteiger partial charge < -0.3 is 5.73 Å². The van der Waals surface area contributed by atoms with Gasteiger partial charge in [0.2, 0.25) is 0 Å². The molecule has 78 valence electrons. The summed E-state index contributed by atoms with van der Waals surface area (Å²) in [5.41, 5.74) is 5.09. The van der Waals surface area contributed by atoms with Crippen molar-refractivity contribution in [3.63, 3.8) is 0 Å². The van der Waals surface area contributed by atoms with Crippen molar-refractivity contribution in [2.75, 3.05) is 5.73 Å². The average molecular weight is 274 g/mol. The predicted octanol–water partition coefficient (Wildman–Crippen LogP) is 2.50. The summed E-state index contributed by atoms with van der Waals surface area (Å²) >= 11 is 3.14. The largest absolute Gasteiger partial charge is 0.399 e. The molecule has 0 fully saturated rings. The monoisotopic (exact) mass is 273 g/mol. The van der Waals surface area contributed by atoms with Gasteiger partial charge in [-0.15, -0.1) is 0 Å². The molecule has 2 aromatic rings. The van der Waals surface area contributed by atoms with Crippen molar-refractivity contribution in [1.82, 2.24) is 9.78 Å². The maximum atomic E-state index is 13.4. The molecule has 0 spiro atoms. The third kappa shape index (κ3) is 1.85. The van der Waals surface area contributed by atoms with Crippen LogP contribution >= 0.6 is 15.9 Å². The highest BCUT2D eigenvalue weighted by Crippen LogP contribution is 2.21. The number of nitrogens with zero attached hydrogens (tertiary/aromatic N) is 2. The van der Waals surface area contributed by atoms with Crippen molar-refractivity contribution in [2.45, 2.75) is 0 Å². The molecule has 15 heavy (non-hydrogen) atoms. The number of halogens is 3. The van der Waals surface area contributed by atoms with E-state index in [9.17, 15) is 8.78 Å². The Kier molecular flexibility index (Phi) is 2.44. The molecule has 0 atom stereocenters. The van der Waals surface area contributed by atoms with Gasteiger partial charge in [0.15, 0.2) is 11.6 Å². The van der Waals surface area contributed by atoms with Crippen LogP contribution in [0, 0.1) is 11.6 Å². The van der Waals surface area contributed by atoms with E-state index in [2.05, 4.69) is 21.0 Å². The second-order valence-electron chi connectivity index (χ2n) is 2.94. The molecule has 6 heteroatoms. The molecule has 0 amide bonds. The Labute approximate surface area is 92.6 Å². The van der Waals surface area contributed by atoms with Crippen LogP contribution in [0.15, 0.2) is 29.0 Å². The first kappa shape index (κ1) is 10.1. The van der Waals surface area contributed by atoms with E-state index in [1.54, 1.807) is 0 Å². The Morgan fingerprint density at radius 3 is 2.33 bits per heavy atom. The van der Waals surface area contributed by atoms with Crippen molar-refractivity contribution in [2.24, 2.45) is 0 Å². The Bertz CT molecular complexity index is 487. The fraction of sp³-hybridized carbons (Fsp3) is 0. The normalized spacial score (nSPS) is 10.6. The number of rotatable bonds is 1. The smallest absolute Gasteiger partial charge is 0.153 e. The maximum absolute atomic E-state index is 13.4. The van der Waals surface area contributed by atoms with Crippen molar-refractivity contribution in [3.8, 4) is 5.69 Å². The van der Waals surface area contributed by atoms with Crippen LogP contribution in [0.2, 0.25) is 0 Å². The minimum Gasteiger partial charge on any atom is -0.399 e. The Hall–Kier alpha value is -1.43. The van der Waals surface area contributed by atoms with Crippen LogP contribution in [-0.2, 0) is 0 Å². The molecule has 0 saturated carbocycles. The third-order valence-electron chi connectivity index (χ3n) is 1.82. The zero-order valence-electron chi connectivity index (χ0n) is 7.42. The first-order valence-electron chi connectivity index (χ1n) is 4.03. The van der Waals surface area contributed by atoms with E-state index in [0.717, 1.165) is 16.8 Å². The van der Waals surface area contributed by atoms with E-state index in [1.165, 1.54) is 12.4 Å². The highest BCUT2D eigenvalue weighted by atomic mass is 79.9. The van der Waals surface area contributed by atoms with Gasteiger partial charge >= 0.3 is 0 Å². The van der Waals surface area contributed by atoms with Crippen LogP contribution in [-0.4, -0.2) is 9.78 Å². The zero-order valence-corrected chi connectivity index (χ0v) is 9.00. The lowest BCUT2D eigenvalue weighted by atomic mass is 10.2. The molecular weight excluding hydrogens is 268 g/mol. The molecule has 1 aromatic carbocycles. The van der Waals surface area contributed by atoms with Crippen molar-refractivity contribution in [1.29, 1.82) is 0 Å². The SMILES string of the molecule is Nc1cc(F)c(-n2cc(Br)cn2)c(F)c1. The van der Waals surface area contributed by atoms with E-state index in [0.29, 0.717) is 4.47 Å². The van der Waals surface area contributed by atoms with Gasteiger partial charge in [-0.2, -0.15) is 5.10 Å². The van der Waals surface area contributed by atoms with Gasteiger partial charge in [-0.1, -0.05) is 0 Å². The summed E-state index contributed by atoms with van der Waals surface area (Å²) in [5, 5.41) is 3.79. The molecule has 3 nitrogen and oxygen atoms in total. The quantitative estimate of drug-likeness (QED) is 0.812. The van der Waals surface area contributed by atoms with E-state index in [1.807, 2.05) is 0 Å². The first-order valence-corrected chi connectivity index (χ1v) is 4.82. The highest BCUT2D eigenvalue weighted by molar-refractivity contribution is 9.10. The summed E-state index contributed by atoms with van der Waals surface area (Å²) in [6, 6.07) is 2.10. The zero-order chi connectivity index (χ0) is 11.0. The molecule has 0 saturated heterocycles. The summed E-state index contributed by atoms with van der Waals surface area (Å²) in [5.74, 6) is -1.49. The van der Waals surface area contributed by atoms with Crippen molar-refractivity contribution >= 4 is 21.6 Å². The summed E-state index contributed by atoms with van der Waals surface area (Å²) in [7, 11) is 0. The lowest BCUT2D eigenvalue weighted by Crippen LogP contribution is -2.03. The van der Waals surface area contributed by atoms with Crippen LogP contribution in [0.25, 0.3) is 5.69 Å². The number of hydrogen-bond donors (Lipinski definition) is 1. The third-order valence-corrected chi connectivity index (χ3v) is 2.23. The molecule has 2 rings (SSSR count). The van der Waals surface area contributed by atoms with Gasteiger partial charge in [0.1, 0.15) is 5.69 Å². The molecular formula is C9H6BrF2N3. The summed E-state index contributed by atoms with van der Waals surface area (Å²) in [6.07, 6.45) is 2.90. The molecule has 0 aliphatic rings. The van der Waals surface area contributed by atoms with Gasteiger partial charge in [-0.3, -0.25) is 0 Å². The van der Waals surface area contributed by atoms with Crippen LogP contribution in [0.1, 0.15) is 0 Å². The van der Waals surface area contributed by atoms with Gasteiger partial charge in [0, 0.05) is 11.9 Å². The van der Waals surface area contributed by atoms with Gasteiger partial charge in [-0.25, -0.2) is 13.5 Å². The summed E-state index contributed by atoms with van der Waals surface area (Å²) in [6.45, 7) is 0. The number of hydrogen-bond acceptors (Lipinski definition) is 2. The summed E-state index contributed by atoms with van der Waals surface area (Å²) < 4.78 is 28.6. The topological polar surface area (TPSA) is 43.8 Å². The van der Waals surface area contributed by atoms with E-state index >= 15 is 0 Å². The molecule has 0 bridgehead atoms. The molecule has 1 aromatic heterocycles. The summed E-state index contributed by atoms with van der Waals surface area (Å²) in [4.78, 5) is 0. The van der Waals surface area contributed by atoms with E-state index in [4.69, 9.17) is 5.73 Å². The molecule has 2 N–H and O–H groups in total. The Balaban J connectivity index is 2.62. The fourth-order valence-electron chi connectivity index (χ4n) is 1.23. The number of benzene rings is 1. The van der Waals surface area contributed by atoms with Crippen LogP contribution in [0.5, 0.6) is 0 Å². The molecule has 0 radical (unpaired) electrons. The average Bonchev–Trinajstić information content (AvgIpc) is 2.49. The Morgan fingerprint density at radius 2 is 1.87 bits per heavy atom. The lowest BCUT2D eigenvalue weighted by molar-refractivity contribution is 0.561. The van der Waals surface area contributed by atoms with Crippen LogP contribution in [0.4, 0.5) is 14.5 Å². The van der Waals surface area contributed by atoms with E-state index < -0.39 is 11.6 Å². The number of anilines is 1. The molecule has 1 heterocycles. The fourth-order valence-corrected chi connectivity index (χ4v) is 1.51.